The Morgan fingerprint density at radius 1 is 0.905 bits per heavy atom. The van der Waals surface area contributed by atoms with E-state index in [1.54, 1.807) is 0 Å². The zero-order valence-corrected chi connectivity index (χ0v) is 11.8. The Hall–Kier alpha value is -2.23. The highest BCUT2D eigenvalue weighted by Crippen LogP contribution is 2.16. The standard InChI is InChI=1S/C18H18N2O/c21-13-15-5-3-4-14(8-15)9-19-11-17-12-20-10-16-6-1-2-7-18(16)17/h1-8,10,12,19,21H,9,11,13H2. The van der Waals surface area contributed by atoms with E-state index in [2.05, 4.69) is 34.6 Å². The summed E-state index contributed by atoms with van der Waals surface area (Å²) in [6.45, 7) is 1.63. The number of aliphatic hydroxyl groups excluding tert-OH is 1. The highest BCUT2D eigenvalue weighted by Gasteiger charge is 2.01. The van der Waals surface area contributed by atoms with Crippen LogP contribution in [0, 0.1) is 0 Å². The van der Waals surface area contributed by atoms with Gasteiger partial charge in [-0.15, -0.1) is 0 Å². The first-order valence-corrected chi connectivity index (χ1v) is 7.08. The number of rotatable bonds is 5. The Kier molecular flexibility index (Phi) is 4.24. The van der Waals surface area contributed by atoms with Crippen molar-refractivity contribution in [2.45, 2.75) is 19.7 Å². The van der Waals surface area contributed by atoms with Crippen molar-refractivity contribution in [3.8, 4) is 0 Å². The molecule has 0 saturated heterocycles. The van der Waals surface area contributed by atoms with Crippen LogP contribution >= 0.6 is 0 Å². The van der Waals surface area contributed by atoms with Gasteiger partial charge in [-0.3, -0.25) is 4.98 Å². The first-order chi connectivity index (χ1) is 10.4. The smallest absolute Gasteiger partial charge is 0.0681 e. The summed E-state index contributed by atoms with van der Waals surface area (Å²) >= 11 is 0. The van der Waals surface area contributed by atoms with Crippen molar-refractivity contribution in [1.29, 1.82) is 0 Å². The molecule has 0 aliphatic heterocycles. The number of fused-ring (bicyclic) bond motifs is 1. The largest absolute Gasteiger partial charge is 0.392 e. The molecule has 2 aromatic carbocycles. The predicted octanol–water partition coefficient (Wildman–Crippen LogP) is 3.02. The molecule has 2 N–H and O–H groups in total. The van der Waals surface area contributed by atoms with Crippen LogP contribution in [-0.4, -0.2) is 10.1 Å². The Labute approximate surface area is 124 Å². The van der Waals surface area contributed by atoms with Crippen molar-refractivity contribution in [3.63, 3.8) is 0 Å². The number of benzene rings is 2. The highest BCUT2D eigenvalue weighted by molar-refractivity contribution is 5.84. The molecule has 0 aliphatic rings. The van der Waals surface area contributed by atoms with Crippen LogP contribution in [0.25, 0.3) is 10.8 Å². The first kappa shape index (κ1) is 13.7. The molecule has 0 fully saturated rings. The van der Waals surface area contributed by atoms with Crippen LogP contribution in [-0.2, 0) is 19.7 Å². The van der Waals surface area contributed by atoms with Crippen molar-refractivity contribution in [3.05, 3.63) is 77.6 Å². The zero-order valence-electron chi connectivity index (χ0n) is 11.8. The van der Waals surface area contributed by atoms with E-state index >= 15 is 0 Å². The molecule has 21 heavy (non-hydrogen) atoms. The van der Waals surface area contributed by atoms with E-state index in [9.17, 15) is 0 Å². The molecular formula is C18H18N2O. The van der Waals surface area contributed by atoms with Crippen LogP contribution in [0.3, 0.4) is 0 Å². The molecule has 0 amide bonds. The van der Waals surface area contributed by atoms with E-state index in [1.807, 2.05) is 36.7 Å². The fraction of sp³-hybridized carbons (Fsp3) is 0.167. The molecule has 0 unspecified atom stereocenters. The summed E-state index contributed by atoms with van der Waals surface area (Å²) in [5.74, 6) is 0. The maximum absolute atomic E-state index is 9.16. The van der Waals surface area contributed by atoms with Gasteiger partial charge in [-0.25, -0.2) is 0 Å². The van der Waals surface area contributed by atoms with Crippen LogP contribution < -0.4 is 5.32 Å². The third-order valence-corrected chi connectivity index (χ3v) is 3.57. The first-order valence-electron chi connectivity index (χ1n) is 7.08. The average molecular weight is 278 g/mol. The Balaban J connectivity index is 1.69. The fourth-order valence-corrected chi connectivity index (χ4v) is 2.50. The zero-order chi connectivity index (χ0) is 14.5. The van der Waals surface area contributed by atoms with E-state index < -0.39 is 0 Å². The summed E-state index contributed by atoms with van der Waals surface area (Å²) in [4.78, 5) is 4.29. The van der Waals surface area contributed by atoms with Gasteiger partial charge in [-0.2, -0.15) is 0 Å². The summed E-state index contributed by atoms with van der Waals surface area (Å²) < 4.78 is 0. The molecule has 0 spiro atoms. The van der Waals surface area contributed by atoms with Gasteiger partial charge in [0.15, 0.2) is 0 Å². The summed E-state index contributed by atoms with van der Waals surface area (Å²) in [5.41, 5.74) is 3.32. The lowest BCUT2D eigenvalue weighted by atomic mass is 10.1. The van der Waals surface area contributed by atoms with Crippen LogP contribution in [0.1, 0.15) is 16.7 Å². The average Bonchev–Trinajstić information content (AvgIpc) is 2.55. The Bertz CT molecular complexity index is 735. The van der Waals surface area contributed by atoms with Gasteiger partial charge in [0.25, 0.3) is 0 Å². The molecule has 3 heteroatoms. The third-order valence-electron chi connectivity index (χ3n) is 3.57. The van der Waals surface area contributed by atoms with E-state index in [4.69, 9.17) is 5.11 Å². The molecular weight excluding hydrogens is 260 g/mol. The van der Waals surface area contributed by atoms with Crippen molar-refractivity contribution in [1.82, 2.24) is 10.3 Å². The van der Waals surface area contributed by atoms with Crippen molar-refractivity contribution >= 4 is 10.8 Å². The SMILES string of the molecule is OCc1cccc(CNCc2cncc3ccccc23)c1. The predicted molar refractivity (Wildman–Crippen MR) is 84.7 cm³/mol. The maximum Gasteiger partial charge on any atom is 0.0681 e. The minimum Gasteiger partial charge on any atom is -0.392 e. The summed E-state index contributed by atoms with van der Waals surface area (Å²) in [6, 6.07) is 16.3. The van der Waals surface area contributed by atoms with Gasteiger partial charge in [-0.1, -0.05) is 48.5 Å². The van der Waals surface area contributed by atoms with Gasteiger partial charge < -0.3 is 10.4 Å². The molecule has 3 nitrogen and oxygen atoms in total. The summed E-state index contributed by atoms with van der Waals surface area (Å²) in [6.07, 6.45) is 3.81. The van der Waals surface area contributed by atoms with Crippen molar-refractivity contribution < 1.29 is 5.11 Å². The number of aliphatic hydroxyl groups is 1. The number of nitrogens with zero attached hydrogens (tertiary/aromatic N) is 1. The minimum atomic E-state index is 0.0844. The molecule has 3 aromatic rings. The van der Waals surface area contributed by atoms with Crippen LogP contribution in [0.4, 0.5) is 0 Å². The summed E-state index contributed by atoms with van der Waals surface area (Å²) in [7, 11) is 0. The topological polar surface area (TPSA) is 45.1 Å². The van der Waals surface area contributed by atoms with Gasteiger partial charge in [0, 0.05) is 30.9 Å². The van der Waals surface area contributed by atoms with E-state index in [1.165, 1.54) is 21.9 Å². The van der Waals surface area contributed by atoms with Gasteiger partial charge in [-0.05, 0) is 22.1 Å². The molecule has 0 bridgehead atoms. The van der Waals surface area contributed by atoms with E-state index in [0.717, 1.165) is 18.7 Å². The third kappa shape index (κ3) is 3.27. The Morgan fingerprint density at radius 2 is 1.76 bits per heavy atom. The second-order valence-corrected chi connectivity index (χ2v) is 5.10. The van der Waals surface area contributed by atoms with Gasteiger partial charge in [0.1, 0.15) is 0 Å². The van der Waals surface area contributed by atoms with E-state index in [-0.39, 0.29) is 6.61 Å². The lowest BCUT2D eigenvalue weighted by Gasteiger charge is -2.08. The van der Waals surface area contributed by atoms with Gasteiger partial charge in [0.2, 0.25) is 0 Å². The quantitative estimate of drug-likeness (QED) is 0.754. The minimum absolute atomic E-state index is 0.0844. The molecule has 0 saturated carbocycles. The number of pyridine rings is 1. The number of nitrogens with one attached hydrogen (secondary N) is 1. The lowest BCUT2D eigenvalue weighted by Crippen LogP contribution is -2.13. The summed E-state index contributed by atoms with van der Waals surface area (Å²) in [5, 5.41) is 15.0. The normalized spacial score (nSPS) is 10.9. The van der Waals surface area contributed by atoms with Crippen LogP contribution in [0.5, 0.6) is 0 Å². The molecule has 1 heterocycles. The number of aromatic nitrogens is 1. The maximum atomic E-state index is 9.16. The number of hydrogen-bond donors (Lipinski definition) is 2. The Morgan fingerprint density at radius 3 is 2.67 bits per heavy atom. The monoisotopic (exact) mass is 278 g/mol. The van der Waals surface area contributed by atoms with E-state index in [0.29, 0.717) is 0 Å². The molecule has 3 rings (SSSR count). The molecule has 106 valence electrons. The molecule has 0 atom stereocenters. The fourth-order valence-electron chi connectivity index (χ4n) is 2.50. The molecule has 0 radical (unpaired) electrons. The van der Waals surface area contributed by atoms with Crippen LogP contribution in [0.15, 0.2) is 60.9 Å². The second-order valence-electron chi connectivity index (χ2n) is 5.10. The molecule has 0 aliphatic carbocycles. The second kappa shape index (κ2) is 6.48. The van der Waals surface area contributed by atoms with Gasteiger partial charge >= 0.3 is 0 Å². The van der Waals surface area contributed by atoms with Crippen molar-refractivity contribution in [2.24, 2.45) is 0 Å². The lowest BCUT2D eigenvalue weighted by molar-refractivity contribution is 0.281. The van der Waals surface area contributed by atoms with Gasteiger partial charge in [0.05, 0.1) is 6.61 Å². The molecule has 1 aromatic heterocycles. The number of hydrogen-bond acceptors (Lipinski definition) is 3. The van der Waals surface area contributed by atoms with Crippen molar-refractivity contribution in [2.75, 3.05) is 0 Å². The highest BCUT2D eigenvalue weighted by atomic mass is 16.3. The van der Waals surface area contributed by atoms with Crippen LogP contribution in [0.2, 0.25) is 0 Å².